The molecule has 1 aromatic carbocycles. The number of rotatable bonds is 4. The molecule has 1 heterocycles. The van der Waals surface area contributed by atoms with Gasteiger partial charge in [0.25, 0.3) is 0 Å². The van der Waals surface area contributed by atoms with Crippen molar-refractivity contribution in [1.82, 2.24) is 10.3 Å². The number of likely N-dealkylation sites (tertiary alicyclic amines) is 1. The smallest absolute Gasteiger partial charge is 0.429 e. The predicted molar refractivity (Wildman–Crippen MR) is 73.9 cm³/mol. The van der Waals surface area contributed by atoms with Crippen LogP contribution in [0, 0.1) is 0 Å². The van der Waals surface area contributed by atoms with Crippen LogP contribution in [-0.2, 0) is 4.74 Å². The van der Waals surface area contributed by atoms with E-state index in [-0.39, 0.29) is 0 Å². The van der Waals surface area contributed by atoms with Gasteiger partial charge in [0.05, 0.1) is 6.21 Å². The molecule has 2 rings (SSSR count). The van der Waals surface area contributed by atoms with E-state index in [2.05, 4.69) is 15.4 Å². The Kier molecular flexibility index (Phi) is 5.37. The van der Waals surface area contributed by atoms with Gasteiger partial charge in [0.2, 0.25) is 0 Å². The Balaban J connectivity index is 1.65. The van der Waals surface area contributed by atoms with Gasteiger partial charge in [0.1, 0.15) is 6.73 Å². The summed E-state index contributed by atoms with van der Waals surface area (Å²) in [6, 6.07) is 9.57. The maximum absolute atomic E-state index is 11.4. The van der Waals surface area contributed by atoms with Gasteiger partial charge in [0, 0.05) is 13.1 Å². The molecule has 0 saturated carbocycles. The van der Waals surface area contributed by atoms with Crippen LogP contribution in [0.4, 0.5) is 4.79 Å². The Morgan fingerprint density at radius 1 is 1.26 bits per heavy atom. The zero-order chi connectivity index (χ0) is 13.3. The second-order valence-corrected chi connectivity index (χ2v) is 4.52. The Labute approximate surface area is 113 Å². The normalized spacial score (nSPS) is 16.4. The Bertz CT molecular complexity index is 414. The Hall–Kier alpha value is -1.88. The van der Waals surface area contributed by atoms with E-state index in [4.69, 9.17) is 4.74 Å². The molecule has 0 unspecified atom stereocenters. The molecule has 1 fully saturated rings. The van der Waals surface area contributed by atoms with Crippen molar-refractivity contribution >= 4 is 12.3 Å². The van der Waals surface area contributed by atoms with Gasteiger partial charge >= 0.3 is 6.09 Å². The molecule has 19 heavy (non-hydrogen) atoms. The SMILES string of the molecule is O=C(N/N=C\c1ccccc1)OCN1CCCCC1. The highest BCUT2D eigenvalue weighted by atomic mass is 16.6. The van der Waals surface area contributed by atoms with Crippen molar-refractivity contribution in [2.75, 3.05) is 19.8 Å². The van der Waals surface area contributed by atoms with Crippen molar-refractivity contribution in [2.45, 2.75) is 19.3 Å². The standard InChI is InChI=1S/C14H19N3O2/c18-14(19-12-17-9-5-2-6-10-17)16-15-11-13-7-3-1-4-8-13/h1,3-4,7-8,11H,2,5-6,9-10,12H2,(H,16,18)/b15-11-. The van der Waals surface area contributed by atoms with E-state index in [0.29, 0.717) is 6.73 Å². The highest BCUT2D eigenvalue weighted by Gasteiger charge is 2.11. The molecule has 0 aromatic heterocycles. The van der Waals surface area contributed by atoms with Gasteiger partial charge in [-0.15, -0.1) is 0 Å². The third-order valence-electron chi connectivity index (χ3n) is 3.00. The van der Waals surface area contributed by atoms with E-state index in [1.165, 1.54) is 19.3 Å². The lowest BCUT2D eigenvalue weighted by Crippen LogP contribution is -2.34. The first-order chi connectivity index (χ1) is 9.34. The fourth-order valence-electron chi connectivity index (χ4n) is 1.97. The molecule has 5 heteroatoms. The first-order valence-electron chi connectivity index (χ1n) is 6.58. The summed E-state index contributed by atoms with van der Waals surface area (Å²) in [6.45, 7) is 2.34. The quantitative estimate of drug-likeness (QED) is 0.667. The minimum Gasteiger partial charge on any atom is -0.432 e. The minimum absolute atomic E-state index is 0.340. The van der Waals surface area contributed by atoms with Crippen LogP contribution in [0.25, 0.3) is 0 Å². The number of nitrogens with one attached hydrogen (secondary N) is 1. The van der Waals surface area contributed by atoms with Crippen molar-refractivity contribution in [3.63, 3.8) is 0 Å². The molecule has 1 amide bonds. The number of benzene rings is 1. The Morgan fingerprint density at radius 3 is 2.74 bits per heavy atom. The van der Waals surface area contributed by atoms with Gasteiger partial charge in [-0.05, 0) is 18.4 Å². The molecular weight excluding hydrogens is 242 g/mol. The molecule has 1 aliphatic rings. The van der Waals surface area contributed by atoms with Gasteiger partial charge in [-0.3, -0.25) is 4.90 Å². The van der Waals surface area contributed by atoms with E-state index in [0.717, 1.165) is 18.7 Å². The molecule has 1 aromatic rings. The number of hydrogen-bond donors (Lipinski definition) is 1. The fraction of sp³-hybridized carbons (Fsp3) is 0.429. The van der Waals surface area contributed by atoms with Crippen LogP contribution in [0.15, 0.2) is 35.4 Å². The number of nitrogens with zero attached hydrogens (tertiary/aromatic N) is 2. The minimum atomic E-state index is -0.516. The monoisotopic (exact) mass is 261 g/mol. The average molecular weight is 261 g/mol. The number of hydrazone groups is 1. The van der Waals surface area contributed by atoms with Crippen LogP contribution in [0.3, 0.4) is 0 Å². The summed E-state index contributed by atoms with van der Waals surface area (Å²) in [7, 11) is 0. The van der Waals surface area contributed by atoms with Crippen molar-refractivity contribution in [3.8, 4) is 0 Å². The summed E-state index contributed by atoms with van der Waals surface area (Å²) in [5, 5.41) is 3.84. The van der Waals surface area contributed by atoms with Gasteiger partial charge in [-0.25, -0.2) is 10.2 Å². The summed E-state index contributed by atoms with van der Waals surface area (Å²) < 4.78 is 5.08. The molecule has 0 atom stereocenters. The molecule has 0 radical (unpaired) electrons. The van der Waals surface area contributed by atoms with Crippen LogP contribution in [0.2, 0.25) is 0 Å². The summed E-state index contributed by atoms with van der Waals surface area (Å²) >= 11 is 0. The zero-order valence-electron chi connectivity index (χ0n) is 10.9. The van der Waals surface area contributed by atoms with Crippen molar-refractivity contribution in [1.29, 1.82) is 0 Å². The van der Waals surface area contributed by atoms with Gasteiger partial charge in [-0.2, -0.15) is 5.10 Å². The molecular formula is C14H19N3O2. The molecule has 102 valence electrons. The van der Waals surface area contributed by atoms with E-state index in [1.54, 1.807) is 6.21 Å². The van der Waals surface area contributed by atoms with Crippen LogP contribution in [0.1, 0.15) is 24.8 Å². The van der Waals surface area contributed by atoms with Crippen molar-refractivity contribution in [2.24, 2.45) is 5.10 Å². The van der Waals surface area contributed by atoms with E-state index >= 15 is 0 Å². The number of piperidine rings is 1. The maximum Gasteiger partial charge on any atom is 0.429 e. The van der Waals surface area contributed by atoms with Crippen molar-refractivity contribution < 1.29 is 9.53 Å². The van der Waals surface area contributed by atoms with Crippen LogP contribution in [0.5, 0.6) is 0 Å². The summed E-state index contributed by atoms with van der Waals surface area (Å²) in [5.41, 5.74) is 3.28. The summed E-state index contributed by atoms with van der Waals surface area (Å²) in [5.74, 6) is 0. The summed E-state index contributed by atoms with van der Waals surface area (Å²) in [6.07, 6.45) is 4.69. The van der Waals surface area contributed by atoms with E-state index in [9.17, 15) is 4.79 Å². The second kappa shape index (κ2) is 7.53. The number of ether oxygens (including phenoxy) is 1. The third kappa shape index (κ3) is 5.09. The fourth-order valence-corrected chi connectivity index (χ4v) is 1.97. The Morgan fingerprint density at radius 2 is 2.00 bits per heavy atom. The topological polar surface area (TPSA) is 53.9 Å². The first-order valence-corrected chi connectivity index (χ1v) is 6.58. The van der Waals surface area contributed by atoms with Gasteiger partial charge in [-0.1, -0.05) is 36.8 Å². The molecule has 5 nitrogen and oxygen atoms in total. The molecule has 1 N–H and O–H groups in total. The lowest BCUT2D eigenvalue weighted by atomic mass is 10.1. The van der Waals surface area contributed by atoms with Gasteiger partial charge in [0.15, 0.2) is 0 Å². The number of carbonyl (C=O) groups is 1. The number of amides is 1. The lowest BCUT2D eigenvalue weighted by molar-refractivity contribution is 0.0582. The predicted octanol–water partition coefficient (Wildman–Crippen LogP) is 2.19. The van der Waals surface area contributed by atoms with Crippen LogP contribution >= 0.6 is 0 Å². The van der Waals surface area contributed by atoms with Gasteiger partial charge < -0.3 is 4.74 Å². The summed E-state index contributed by atoms with van der Waals surface area (Å²) in [4.78, 5) is 13.5. The van der Waals surface area contributed by atoms with E-state index < -0.39 is 6.09 Å². The molecule has 1 saturated heterocycles. The number of carbonyl (C=O) groups excluding carboxylic acids is 1. The molecule has 0 bridgehead atoms. The molecule has 0 aliphatic carbocycles. The lowest BCUT2D eigenvalue weighted by Gasteiger charge is -2.25. The first kappa shape index (κ1) is 13.5. The number of hydrogen-bond acceptors (Lipinski definition) is 4. The molecule has 1 aliphatic heterocycles. The third-order valence-corrected chi connectivity index (χ3v) is 3.00. The van der Waals surface area contributed by atoms with Crippen LogP contribution < -0.4 is 5.43 Å². The zero-order valence-corrected chi connectivity index (χ0v) is 10.9. The van der Waals surface area contributed by atoms with Crippen LogP contribution in [-0.4, -0.2) is 37.0 Å². The van der Waals surface area contributed by atoms with Crippen molar-refractivity contribution in [3.05, 3.63) is 35.9 Å². The average Bonchev–Trinajstić information content (AvgIpc) is 2.47. The van der Waals surface area contributed by atoms with E-state index in [1.807, 2.05) is 30.3 Å². The highest BCUT2D eigenvalue weighted by molar-refractivity contribution is 5.80. The highest BCUT2D eigenvalue weighted by Crippen LogP contribution is 2.07. The molecule has 0 spiro atoms. The largest absolute Gasteiger partial charge is 0.432 e. The second-order valence-electron chi connectivity index (χ2n) is 4.52. The maximum atomic E-state index is 11.4.